The minimum atomic E-state index is -0.0180. The second-order valence-corrected chi connectivity index (χ2v) is 5.57. The highest BCUT2D eigenvalue weighted by molar-refractivity contribution is 9.10. The van der Waals surface area contributed by atoms with E-state index < -0.39 is 0 Å². The van der Waals surface area contributed by atoms with E-state index in [1.807, 2.05) is 31.2 Å². The molecule has 0 aliphatic carbocycles. The van der Waals surface area contributed by atoms with Crippen molar-refractivity contribution in [1.82, 2.24) is 9.88 Å². The molecular formula is C15H14BrClN2O. The molecule has 104 valence electrons. The fraction of sp³-hybridized carbons (Fsp3) is 0.200. The number of amides is 1. The molecule has 2 aromatic rings. The van der Waals surface area contributed by atoms with E-state index in [4.69, 9.17) is 11.6 Å². The van der Waals surface area contributed by atoms with Crippen molar-refractivity contribution in [1.29, 1.82) is 0 Å². The summed E-state index contributed by atoms with van der Waals surface area (Å²) in [5.74, 6) is -0.0180. The van der Waals surface area contributed by atoms with Crippen LogP contribution < -0.4 is 0 Å². The molecule has 0 atom stereocenters. The van der Waals surface area contributed by atoms with Gasteiger partial charge in [-0.15, -0.1) is 0 Å². The molecule has 2 rings (SSSR count). The summed E-state index contributed by atoms with van der Waals surface area (Å²) in [5.41, 5.74) is 1.64. The third kappa shape index (κ3) is 3.81. The van der Waals surface area contributed by atoms with Crippen LogP contribution in [0.3, 0.4) is 0 Å². The van der Waals surface area contributed by atoms with Crippen molar-refractivity contribution < 1.29 is 4.79 Å². The predicted molar refractivity (Wildman–Crippen MR) is 83.8 cm³/mol. The standard InChI is InChI=1S/C15H14BrClN2O/c1-2-19(10-11-4-3-5-13(17)8-11)15(20)12-6-7-18-14(16)9-12/h3-9H,2,10H2,1H3. The molecule has 0 fully saturated rings. The van der Waals surface area contributed by atoms with Gasteiger partial charge in [-0.2, -0.15) is 0 Å². The van der Waals surface area contributed by atoms with Crippen LogP contribution in [0.2, 0.25) is 5.02 Å². The third-order valence-corrected chi connectivity index (χ3v) is 3.57. The summed E-state index contributed by atoms with van der Waals surface area (Å²) in [6.07, 6.45) is 1.62. The van der Waals surface area contributed by atoms with Crippen molar-refractivity contribution >= 4 is 33.4 Å². The van der Waals surface area contributed by atoms with Crippen molar-refractivity contribution in [2.45, 2.75) is 13.5 Å². The van der Waals surface area contributed by atoms with Crippen molar-refractivity contribution in [2.24, 2.45) is 0 Å². The molecule has 0 aliphatic heterocycles. The molecule has 1 heterocycles. The molecule has 0 spiro atoms. The van der Waals surface area contributed by atoms with Crippen molar-refractivity contribution in [3.8, 4) is 0 Å². The molecule has 0 N–H and O–H groups in total. The monoisotopic (exact) mass is 352 g/mol. The Labute approximate surface area is 131 Å². The summed E-state index contributed by atoms with van der Waals surface area (Å²) in [4.78, 5) is 18.3. The highest BCUT2D eigenvalue weighted by Crippen LogP contribution is 2.15. The quantitative estimate of drug-likeness (QED) is 0.773. The average Bonchev–Trinajstić information content (AvgIpc) is 2.44. The number of carbonyl (C=O) groups is 1. The molecule has 0 aliphatic rings. The van der Waals surface area contributed by atoms with Gasteiger partial charge in [0.2, 0.25) is 0 Å². The highest BCUT2D eigenvalue weighted by atomic mass is 79.9. The van der Waals surface area contributed by atoms with E-state index in [1.54, 1.807) is 23.2 Å². The lowest BCUT2D eigenvalue weighted by molar-refractivity contribution is 0.0752. The number of halogens is 2. The predicted octanol–water partition coefficient (Wildman–Crippen LogP) is 4.16. The zero-order valence-corrected chi connectivity index (χ0v) is 13.4. The zero-order valence-electron chi connectivity index (χ0n) is 11.0. The Morgan fingerprint density at radius 3 is 2.80 bits per heavy atom. The molecule has 1 amide bonds. The number of rotatable bonds is 4. The van der Waals surface area contributed by atoms with Gasteiger partial charge in [-0.1, -0.05) is 23.7 Å². The number of aromatic nitrogens is 1. The van der Waals surface area contributed by atoms with Gasteiger partial charge in [-0.3, -0.25) is 4.79 Å². The zero-order chi connectivity index (χ0) is 14.5. The number of nitrogens with zero attached hydrogens (tertiary/aromatic N) is 2. The second-order valence-electron chi connectivity index (χ2n) is 4.32. The fourth-order valence-electron chi connectivity index (χ4n) is 1.90. The molecule has 3 nitrogen and oxygen atoms in total. The summed E-state index contributed by atoms with van der Waals surface area (Å²) in [6, 6.07) is 11.0. The topological polar surface area (TPSA) is 33.2 Å². The maximum atomic E-state index is 12.5. The van der Waals surface area contributed by atoms with Gasteiger partial charge in [0.05, 0.1) is 0 Å². The maximum Gasteiger partial charge on any atom is 0.254 e. The molecule has 0 radical (unpaired) electrons. The van der Waals surface area contributed by atoms with Gasteiger partial charge >= 0.3 is 0 Å². The highest BCUT2D eigenvalue weighted by Gasteiger charge is 2.15. The molecule has 1 aromatic heterocycles. The third-order valence-electron chi connectivity index (χ3n) is 2.90. The lowest BCUT2D eigenvalue weighted by Crippen LogP contribution is -2.30. The number of pyridine rings is 1. The molecule has 0 bridgehead atoms. The van der Waals surface area contributed by atoms with Gasteiger partial charge in [0, 0.05) is 29.9 Å². The SMILES string of the molecule is CCN(Cc1cccc(Cl)c1)C(=O)c1ccnc(Br)c1. The number of hydrogen-bond acceptors (Lipinski definition) is 2. The van der Waals surface area contributed by atoms with Crippen LogP contribution in [-0.4, -0.2) is 22.3 Å². The molecule has 0 saturated carbocycles. The number of benzene rings is 1. The minimum absolute atomic E-state index is 0.0180. The van der Waals surface area contributed by atoms with Gasteiger partial charge in [-0.05, 0) is 52.7 Å². The Morgan fingerprint density at radius 1 is 1.35 bits per heavy atom. The first-order valence-electron chi connectivity index (χ1n) is 6.25. The van der Waals surface area contributed by atoms with Crippen LogP contribution in [0.25, 0.3) is 0 Å². The van der Waals surface area contributed by atoms with Crippen LogP contribution in [0, 0.1) is 0 Å². The molecule has 0 unspecified atom stereocenters. The minimum Gasteiger partial charge on any atom is -0.335 e. The van der Waals surface area contributed by atoms with E-state index in [9.17, 15) is 4.79 Å². The molecular weight excluding hydrogens is 340 g/mol. The maximum absolute atomic E-state index is 12.5. The summed E-state index contributed by atoms with van der Waals surface area (Å²) >= 11 is 9.25. The van der Waals surface area contributed by atoms with Crippen LogP contribution >= 0.6 is 27.5 Å². The van der Waals surface area contributed by atoms with Gasteiger partial charge in [-0.25, -0.2) is 4.98 Å². The smallest absolute Gasteiger partial charge is 0.254 e. The van der Waals surface area contributed by atoms with Crippen LogP contribution in [0.5, 0.6) is 0 Å². The Balaban J connectivity index is 2.18. The number of carbonyl (C=O) groups excluding carboxylic acids is 1. The normalized spacial score (nSPS) is 10.3. The Kier molecular flexibility index (Phi) is 5.15. The van der Waals surface area contributed by atoms with Gasteiger partial charge in [0.25, 0.3) is 5.91 Å². The summed E-state index contributed by atoms with van der Waals surface area (Å²) in [6.45, 7) is 3.12. The first kappa shape index (κ1) is 15.0. The first-order chi connectivity index (χ1) is 9.60. The van der Waals surface area contributed by atoms with E-state index in [0.717, 1.165) is 5.56 Å². The largest absolute Gasteiger partial charge is 0.335 e. The van der Waals surface area contributed by atoms with Gasteiger partial charge < -0.3 is 4.90 Å². The van der Waals surface area contributed by atoms with E-state index in [1.165, 1.54) is 0 Å². The Hall–Kier alpha value is -1.39. The Bertz CT molecular complexity index is 618. The van der Waals surface area contributed by atoms with E-state index in [0.29, 0.717) is 28.3 Å². The first-order valence-corrected chi connectivity index (χ1v) is 7.42. The van der Waals surface area contributed by atoms with Crippen LogP contribution in [0.1, 0.15) is 22.8 Å². The lowest BCUT2D eigenvalue weighted by atomic mass is 10.2. The second kappa shape index (κ2) is 6.86. The van der Waals surface area contributed by atoms with Crippen molar-refractivity contribution in [3.05, 3.63) is 63.3 Å². The molecule has 20 heavy (non-hydrogen) atoms. The molecule has 0 saturated heterocycles. The van der Waals surface area contributed by atoms with Crippen LogP contribution in [0.15, 0.2) is 47.2 Å². The fourth-order valence-corrected chi connectivity index (χ4v) is 2.48. The van der Waals surface area contributed by atoms with Crippen molar-refractivity contribution in [3.63, 3.8) is 0 Å². The van der Waals surface area contributed by atoms with E-state index >= 15 is 0 Å². The van der Waals surface area contributed by atoms with Gasteiger partial charge in [0.1, 0.15) is 4.60 Å². The number of hydrogen-bond donors (Lipinski definition) is 0. The van der Waals surface area contributed by atoms with E-state index in [-0.39, 0.29) is 5.91 Å². The van der Waals surface area contributed by atoms with E-state index in [2.05, 4.69) is 20.9 Å². The Morgan fingerprint density at radius 2 is 2.15 bits per heavy atom. The molecule has 5 heteroatoms. The van der Waals surface area contributed by atoms with Crippen LogP contribution in [0.4, 0.5) is 0 Å². The summed E-state index contributed by atoms with van der Waals surface area (Å²) in [7, 11) is 0. The van der Waals surface area contributed by atoms with Crippen molar-refractivity contribution in [2.75, 3.05) is 6.54 Å². The average molecular weight is 354 g/mol. The van der Waals surface area contributed by atoms with Crippen LogP contribution in [-0.2, 0) is 6.54 Å². The summed E-state index contributed by atoms with van der Waals surface area (Å²) < 4.78 is 0.655. The lowest BCUT2D eigenvalue weighted by Gasteiger charge is -2.21. The molecule has 1 aromatic carbocycles. The summed E-state index contributed by atoms with van der Waals surface area (Å²) in [5, 5.41) is 0.678. The van der Waals surface area contributed by atoms with Gasteiger partial charge in [0.15, 0.2) is 0 Å².